The molecule has 1 fully saturated rings. The first-order chi connectivity index (χ1) is 8.60. The number of amides is 1. The fourth-order valence-corrected chi connectivity index (χ4v) is 3.34. The van der Waals surface area contributed by atoms with Gasteiger partial charge in [0.25, 0.3) is 0 Å². The van der Waals surface area contributed by atoms with Crippen LogP contribution in [0, 0.1) is 5.92 Å². The van der Waals surface area contributed by atoms with Crippen LogP contribution in [-0.2, 0) is 9.22 Å². The molecule has 2 unspecified atom stereocenters. The second-order valence-electron chi connectivity index (χ2n) is 7.41. The summed E-state index contributed by atoms with van der Waals surface area (Å²) in [5, 5.41) is 0.231. The number of likely N-dealkylation sites (tertiary alicyclic amines) is 1. The van der Waals surface area contributed by atoms with Gasteiger partial charge in [-0.2, -0.15) is 0 Å². The molecule has 1 rings (SSSR count). The largest absolute Gasteiger partial charge is 0.415 e. The predicted octanol–water partition coefficient (Wildman–Crippen LogP) is 2.30. The molecule has 0 aliphatic carbocycles. The van der Waals surface area contributed by atoms with Crippen molar-refractivity contribution in [3.63, 3.8) is 0 Å². The minimum Gasteiger partial charge on any atom is -0.415 e. The summed E-state index contributed by atoms with van der Waals surface area (Å²) in [6.07, 6.45) is 1.71. The molecule has 1 amide bonds. The molecule has 0 saturated carbocycles. The average Bonchev–Trinajstić information content (AvgIpc) is 2.50. The van der Waals surface area contributed by atoms with Crippen LogP contribution in [0.1, 0.15) is 34.1 Å². The van der Waals surface area contributed by atoms with E-state index in [-0.39, 0.29) is 11.1 Å². The minimum atomic E-state index is -1.71. The molecule has 1 aliphatic rings. The summed E-state index contributed by atoms with van der Waals surface area (Å²) in [6.45, 7) is 15.1. The van der Waals surface area contributed by atoms with Crippen LogP contribution in [0.15, 0.2) is 0 Å². The van der Waals surface area contributed by atoms with E-state index in [0.717, 1.165) is 12.9 Å². The fourth-order valence-electron chi connectivity index (χ4n) is 2.32. The topological polar surface area (TPSA) is 29.5 Å². The second-order valence-corrected chi connectivity index (χ2v) is 12.2. The summed E-state index contributed by atoms with van der Waals surface area (Å²) in [6, 6.07) is 0.279. The van der Waals surface area contributed by atoms with Crippen LogP contribution in [0.5, 0.6) is 0 Å². The summed E-state index contributed by atoms with van der Waals surface area (Å²) in [4.78, 5) is 14.0. The number of hydrogen-bond acceptors (Lipinski definition) is 2. The molecule has 0 N–H and O–H groups in total. The second kappa shape index (κ2) is 6.00. The van der Waals surface area contributed by atoms with E-state index in [1.165, 1.54) is 0 Å². The molecule has 0 radical (unpaired) electrons. The van der Waals surface area contributed by atoms with Crippen molar-refractivity contribution in [3.05, 3.63) is 0 Å². The Morgan fingerprint density at radius 2 is 2.00 bits per heavy atom. The molecule has 1 heterocycles. The lowest BCUT2D eigenvalue weighted by atomic mass is 10.0. The summed E-state index contributed by atoms with van der Waals surface area (Å²) < 4.78 is 6.32. The van der Waals surface area contributed by atoms with Crippen molar-refractivity contribution in [3.8, 4) is 0 Å². The highest BCUT2D eigenvalue weighted by Gasteiger charge is 2.41. The van der Waals surface area contributed by atoms with Gasteiger partial charge >= 0.3 is 0 Å². The lowest BCUT2D eigenvalue weighted by molar-refractivity contribution is -0.129. The number of hydrogen-bond donors (Lipinski definition) is 0. The molecule has 19 heavy (non-hydrogen) atoms. The van der Waals surface area contributed by atoms with E-state index in [0.29, 0.717) is 24.9 Å². The molecule has 3 nitrogen and oxygen atoms in total. The predicted molar refractivity (Wildman–Crippen MR) is 85.8 cm³/mol. The average molecular weight is 283 g/mol. The van der Waals surface area contributed by atoms with Crippen molar-refractivity contribution in [2.75, 3.05) is 13.2 Å². The zero-order valence-electron chi connectivity index (χ0n) is 13.7. The SMILES string of the molecule is BCCN1C(=O)CC(C)C1CO[Si](C)(C)C(C)(C)C. The lowest BCUT2D eigenvalue weighted by Gasteiger charge is -2.38. The van der Waals surface area contributed by atoms with Crippen molar-refractivity contribution in [2.45, 2.75) is 64.6 Å². The van der Waals surface area contributed by atoms with Crippen LogP contribution >= 0.6 is 0 Å². The van der Waals surface area contributed by atoms with Crippen LogP contribution in [0.4, 0.5) is 0 Å². The molecule has 110 valence electrons. The summed E-state index contributed by atoms with van der Waals surface area (Å²) in [7, 11) is 0.412. The molecule has 5 heteroatoms. The Morgan fingerprint density at radius 1 is 1.42 bits per heavy atom. The van der Waals surface area contributed by atoms with Gasteiger partial charge in [-0.1, -0.05) is 34.0 Å². The van der Waals surface area contributed by atoms with Gasteiger partial charge in [0.1, 0.15) is 7.85 Å². The fraction of sp³-hybridized carbons (Fsp3) is 0.929. The molecule has 0 spiro atoms. The van der Waals surface area contributed by atoms with Gasteiger partial charge in [0.15, 0.2) is 8.32 Å². The summed E-state index contributed by atoms with van der Waals surface area (Å²) >= 11 is 0. The smallest absolute Gasteiger partial charge is 0.223 e. The van der Waals surface area contributed by atoms with Gasteiger partial charge in [0.2, 0.25) is 5.91 Å². The van der Waals surface area contributed by atoms with Crippen molar-refractivity contribution in [1.29, 1.82) is 0 Å². The van der Waals surface area contributed by atoms with Crippen molar-refractivity contribution < 1.29 is 9.22 Å². The Hall–Kier alpha value is -0.288. The first-order valence-electron chi connectivity index (χ1n) is 7.53. The standard InChI is InChI=1S/C14H30BNO2Si/c1-11-9-13(17)16(8-7-15)12(11)10-18-19(5,6)14(2,3)4/h11-12H,7-10,15H2,1-6H3. The summed E-state index contributed by atoms with van der Waals surface area (Å²) in [5.41, 5.74) is 0. The number of carbonyl (C=O) groups excluding carboxylic acids is 1. The highest BCUT2D eigenvalue weighted by Crippen LogP contribution is 2.37. The molecule has 0 aromatic heterocycles. The third-order valence-electron chi connectivity index (χ3n) is 4.76. The van der Waals surface area contributed by atoms with E-state index in [2.05, 4.69) is 48.6 Å². The first kappa shape index (κ1) is 16.8. The molecule has 0 bridgehead atoms. The van der Waals surface area contributed by atoms with Crippen LogP contribution in [-0.4, -0.2) is 46.2 Å². The molecule has 2 atom stereocenters. The van der Waals surface area contributed by atoms with Crippen molar-refractivity contribution >= 4 is 22.1 Å². The zero-order valence-corrected chi connectivity index (χ0v) is 14.7. The van der Waals surface area contributed by atoms with Gasteiger partial charge in [-0.3, -0.25) is 4.79 Å². The Bertz CT molecular complexity index is 328. The maximum atomic E-state index is 12.0. The monoisotopic (exact) mass is 283 g/mol. The Labute approximate surface area is 120 Å². The van der Waals surface area contributed by atoms with Crippen LogP contribution in [0.25, 0.3) is 0 Å². The third kappa shape index (κ3) is 3.85. The van der Waals surface area contributed by atoms with E-state index in [4.69, 9.17) is 4.43 Å². The zero-order chi connectivity index (χ0) is 14.8. The summed E-state index contributed by atoms with van der Waals surface area (Å²) in [5.74, 6) is 0.724. The van der Waals surface area contributed by atoms with E-state index in [1.54, 1.807) is 0 Å². The lowest BCUT2D eigenvalue weighted by Crippen LogP contribution is -2.46. The maximum absolute atomic E-state index is 12.0. The third-order valence-corrected chi connectivity index (χ3v) is 9.26. The van der Waals surface area contributed by atoms with Crippen molar-refractivity contribution in [2.24, 2.45) is 5.92 Å². The maximum Gasteiger partial charge on any atom is 0.223 e. The van der Waals surface area contributed by atoms with Gasteiger partial charge < -0.3 is 9.33 Å². The van der Waals surface area contributed by atoms with Crippen LogP contribution in [0.3, 0.4) is 0 Å². The molecular weight excluding hydrogens is 253 g/mol. The van der Waals surface area contributed by atoms with Gasteiger partial charge in [-0.05, 0) is 24.1 Å². The molecule has 0 aromatic carbocycles. The van der Waals surface area contributed by atoms with E-state index in [9.17, 15) is 4.79 Å². The number of carbonyl (C=O) groups is 1. The van der Waals surface area contributed by atoms with Gasteiger partial charge in [-0.15, -0.1) is 0 Å². The van der Waals surface area contributed by atoms with Gasteiger partial charge in [0.05, 0.1) is 12.6 Å². The number of rotatable bonds is 5. The highest BCUT2D eigenvalue weighted by atomic mass is 28.4. The van der Waals surface area contributed by atoms with Crippen LogP contribution in [0.2, 0.25) is 24.5 Å². The Morgan fingerprint density at radius 3 is 2.47 bits per heavy atom. The Kier molecular flexibility index (Phi) is 5.29. The molecule has 1 saturated heterocycles. The number of nitrogens with zero attached hydrogens (tertiary/aromatic N) is 1. The first-order valence-corrected chi connectivity index (χ1v) is 10.4. The highest BCUT2D eigenvalue weighted by molar-refractivity contribution is 6.74. The van der Waals surface area contributed by atoms with E-state index >= 15 is 0 Å². The Balaban J connectivity index is 2.67. The molecule has 0 aromatic rings. The van der Waals surface area contributed by atoms with E-state index in [1.807, 2.05) is 4.90 Å². The normalized spacial score (nSPS) is 25.2. The van der Waals surface area contributed by atoms with Crippen molar-refractivity contribution in [1.82, 2.24) is 4.90 Å². The quantitative estimate of drug-likeness (QED) is 0.725. The van der Waals surface area contributed by atoms with Gasteiger partial charge in [-0.25, -0.2) is 0 Å². The van der Waals surface area contributed by atoms with E-state index < -0.39 is 8.32 Å². The molecular formula is C14H30BNO2Si. The minimum absolute atomic E-state index is 0.231. The van der Waals surface area contributed by atoms with Crippen LogP contribution < -0.4 is 0 Å². The molecule has 1 aliphatic heterocycles. The van der Waals surface area contributed by atoms with Gasteiger partial charge in [0, 0.05) is 13.0 Å².